The Kier molecular flexibility index (Phi) is 6.45. The number of aliphatic hydroxyl groups excluding tert-OH is 1. The van der Waals surface area contributed by atoms with E-state index in [1.165, 1.54) is 6.26 Å². The molecule has 1 aliphatic rings. The van der Waals surface area contributed by atoms with E-state index in [9.17, 15) is 14.7 Å². The molecule has 1 aliphatic carbocycles. The maximum atomic E-state index is 11.9. The average Bonchev–Trinajstić information content (AvgIpc) is 3.06. The molecular weight excluding hydrogens is 284 g/mol. The molecule has 122 valence electrons. The zero-order valence-corrected chi connectivity index (χ0v) is 12.7. The van der Waals surface area contributed by atoms with Crippen LogP contribution in [0.4, 0.5) is 0 Å². The number of rotatable bonds is 7. The van der Waals surface area contributed by atoms with Crippen molar-refractivity contribution in [2.24, 2.45) is 5.92 Å². The zero-order valence-electron chi connectivity index (χ0n) is 12.7. The van der Waals surface area contributed by atoms with E-state index in [4.69, 9.17) is 4.42 Å². The average molecular weight is 308 g/mol. The standard InChI is InChI=1S/C16H24N2O4/c19-11-12-5-1-2-6-13(12)18-15(20)8-3-9-17-16(21)14-7-4-10-22-14/h4,7,10,12-13,19H,1-3,5-6,8-9,11H2,(H,17,21)(H,18,20). The van der Waals surface area contributed by atoms with Crippen LogP contribution in [0.15, 0.2) is 22.8 Å². The van der Waals surface area contributed by atoms with Gasteiger partial charge in [-0.15, -0.1) is 0 Å². The zero-order chi connectivity index (χ0) is 15.8. The minimum Gasteiger partial charge on any atom is -0.459 e. The van der Waals surface area contributed by atoms with E-state index in [0.29, 0.717) is 19.4 Å². The lowest BCUT2D eigenvalue weighted by Gasteiger charge is -2.30. The topological polar surface area (TPSA) is 91.6 Å². The molecule has 0 radical (unpaired) electrons. The minimum atomic E-state index is -0.266. The monoisotopic (exact) mass is 308 g/mol. The van der Waals surface area contributed by atoms with Crippen molar-refractivity contribution < 1.29 is 19.1 Å². The van der Waals surface area contributed by atoms with E-state index in [-0.39, 0.29) is 36.1 Å². The molecule has 0 saturated heterocycles. The second-order valence-corrected chi connectivity index (χ2v) is 5.74. The van der Waals surface area contributed by atoms with Crippen LogP contribution >= 0.6 is 0 Å². The summed E-state index contributed by atoms with van der Waals surface area (Å²) in [6, 6.07) is 3.34. The molecule has 1 saturated carbocycles. The Morgan fingerprint density at radius 1 is 1.32 bits per heavy atom. The van der Waals surface area contributed by atoms with Crippen LogP contribution in [-0.4, -0.2) is 36.1 Å². The number of nitrogens with one attached hydrogen (secondary N) is 2. The van der Waals surface area contributed by atoms with Gasteiger partial charge in [-0.3, -0.25) is 9.59 Å². The van der Waals surface area contributed by atoms with E-state index in [1.54, 1.807) is 12.1 Å². The third-order valence-corrected chi connectivity index (χ3v) is 4.10. The van der Waals surface area contributed by atoms with Crippen LogP contribution in [0.25, 0.3) is 0 Å². The fraction of sp³-hybridized carbons (Fsp3) is 0.625. The van der Waals surface area contributed by atoms with Gasteiger partial charge in [0.15, 0.2) is 5.76 Å². The Morgan fingerprint density at radius 3 is 2.86 bits per heavy atom. The van der Waals surface area contributed by atoms with Gasteiger partial charge >= 0.3 is 0 Å². The summed E-state index contributed by atoms with van der Waals surface area (Å²) in [7, 11) is 0. The number of carbonyl (C=O) groups excluding carboxylic acids is 2. The Labute approximate surface area is 130 Å². The van der Waals surface area contributed by atoms with Crippen molar-refractivity contribution in [3.05, 3.63) is 24.2 Å². The summed E-state index contributed by atoms with van der Waals surface area (Å²) in [6.07, 6.45) is 6.52. The first-order valence-electron chi connectivity index (χ1n) is 7.92. The van der Waals surface area contributed by atoms with Crippen molar-refractivity contribution in [2.75, 3.05) is 13.2 Å². The normalized spacial score (nSPS) is 21.3. The first kappa shape index (κ1) is 16.5. The van der Waals surface area contributed by atoms with Gasteiger partial charge in [0.2, 0.25) is 5.91 Å². The lowest BCUT2D eigenvalue weighted by atomic mass is 9.85. The SMILES string of the molecule is O=C(CCCNC(=O)c1ccco1)NC1CCCCC1CO. The van der Waals surface area contributed by atoms with Crippen molar-refractivity contribution in [3.63, 3.8) is 0 Å². The van der Waals surface area contributed by atoms with E-state index >= 15 is 0 Å². The summed E-state index contributed by atoms with van der Waals surface area (Å²) >= 11 is 0. The van der Waals surface area contributed by atoms with Gasteiger partial charge in [-0.2, -0.15) is 0 Å². The maximum absolute atomic E-state index is 11.9. The van der Waals surface area contributed by atoms with Crippen LogP contribution in [0.3, 0.4) is 0 Å². The van der Waals surface area contributed by atoms with Crippen molar-refractivity contribution in [1.82, 2.24) is 10.6 Å². The molecule has 0 spiro atoms. The molecule has 1 aromatic rings. The molecule has 3 N–H and O–H groups in total. The molecule has 1 aromatic heterocycles. The quantitative estimate of drug-likeness (QED) is 0.665. The van der Waals surface area contributed by atoms with Crippen LogP contribution in [0.1, 0.15) is 49.1 Å². The van der Waals surface area contributed by atoms with E-state index in [0.717, 1.165) is 25.7 Å². The Bertz CT molecular complexity index is 473. The van der Waals surface area contributed by atoms with Crippen molar-refractivity contribution in [1.29, 1.82) is 0 Å². The molecule has 0 bridgehead atoms. The molecule has 6 heteroatoms. The molecule has 2 atom stereocenters. The molecule has 6 nitrogen and oxygen atoms in total. The lowest BCUT2D eigenvalue weighted by Crippen LogP contribution is -2.43. The van der Waals surface area contributed by atoms with Gasteiger partial charge < -0.3 is 20.2 Å². The fourth-order valence-electron chi connectivity index (χ4n) is 2.84. The molecule has 1 heterocycles. The molecule has 2 amide bonds. The Hall–Kier alpha value is -1.82. The molecule has 22 heavy (non-hydrogen) atoms. The number of hydrogen-bond donors (Lipinski definition) is 3. The Balaban J connectivity index is 1.62. The van der Waals surface area contributed by atoms with Gasteiger partial charge in [0, 0.05) is 31.5 Å². The van der Waals surface area contributed by atoms with Gasteiger partial charge in [-0.05, 0) is 31.4 Å². The highest BCUT2D eigenvalue weighted by molar-refractivity contribution is 5.91. The van der Waals surface area contributed by atoms with Crippen molar-refractivity contribution >= 4 is 11.8 Å². The number of furan rings is 1. The van der Waals surface area contributed by atoms with Gasteiger partial charge in [0.25, 0.3) is 5.91 Å². The molecule has 2 unspecified atom stereocenters. The summed E-state index contributed by atoms with van der Waals surface area (Å²) in [4.78, 5) is 23.5. The van der Waals surface area contributed by atoms with Gasteiger partial charge in [0.1, 0.15) is 0 Å². The molecule has 0 aromatic carbocycles. The summed E-state index contributed by atoms with van der Waals surface area (Å²) in [5.41, 5.74) is 0. The summed E-state index contributed by atoms with van der Waals surface area (Å²) < 4.78 is 4.98. The predicted octanol–water partition coefficient (Wildman–Crippen LogP) is 1.46. The van der Waals surface area contributed by atoms with Gasteiger partial charge in [0.05, 0.1) is 6.26 Å². The fourth-order valence-corrected chi connectivity index (χ4v) is 2.84. The second-order valence-electron chi connectivity index (χ2n) is 5.74. The van der Waals surface area contributed by atoms with Gasteiger partial charge in [-0.25, -0.2) is 0 Å². The summed E-state index contributed by atoms with van der Waals surface area (Å²) in [6.45, 7) is 0.561. The highest BCUT2D eigenvalue weighted by atomic mass is 16.3. The van der Waals surface area contributed by atoms with Crippen LogP contribution in [-0.2, 0) is 4.79 Å². The van der Waals surface area contributed by atoms with Crippen molar-refractivity contribution in [2.45, 2.75) is 44.6 Å². The predicted molar refractivity (Wildman–Crippen MR) is 81.2 cm³/mol. The van der Waals surface area contributed by atoms with Crippen LogP contribution in [0.5, 0.6) is 0 Å². The molecule has 1 fully saturated rings. The third-order valence-electron chi connectivity index (χ3n) is 4.10. The third kappa shape index (κ3) is 4.87. The lowest BCUT2D eigenvalue weighted by molar-refractivity contribution is -0.122. The van der Waals surface area contributed by atoms with Crippen LogP contribution < -0.4 is 10.6 Å². The number of amides is 2. The highest BCUT2D eigenvalue weighted by Crippen LogP contribution is 2.23. The number of aliphatic hydroxyl groups is 1. The molecule has 0 aliphatic heterocycles. The first-order valence-corrected chi connectivity index (χ1v) is 7.92. The number of carbonyl (C=O) groups is 2. The molecular formula is C16H24N2O4. The smallest absolute Gasteiger partial charge is 0.286 e. The molecule has 2 rings (SSSR count). The van der Waals surface area contributed by atoms with E-state index in [2.05, 4.69) is 10.6 Å². The second kappa shape index (κ2) is 8.58. The summed E-state index contributed by atoms with van der Waals surface area (Å²) in [5.74, 6) is 0.171. The Morgan fingerprint density at radius 2 is 2.14 bits per heavy atom. The van der Waals surface area contributed by atoms with Crippen LogP contribution in [0, 0.1) is 5.92 Å². The van der Waals surface area contributed by atoms with Crippen LogP contribution in [0.2, 0.25) is 0 Å². The van der Waals surface area contributed by atoms with E-state index < -0.39 is 0 Å². The maximum Gasteiger partial charge on any atom is 0.286 e. The van der Waals surface area contributed by atoms with Gasteiger partial charge in [-0.1, -0.05) is 12.8 Å². The van der Waals surface area contributed by atoms with Crippen molar-refractivity contribution in [3.8, 4) is 0 Å². The minimum absolute atomic E-state index is 0.0161. The number of hydrogen-bond acceptors (Lipinski definition) is 4. The summed E-state index contributed by atoms with van der Waals surface area (Å²) in [5, 5.41) is 15.0. The van der Waals surface area contributed by atoms with E-state index in [1.807, 2.05) is 0 Å². The largest absolute Gasteiger partial charge is 0.459 e. The highest BCUT2D eigenvalue weighted by Gasteiger charge is 2.25. The first-order chi connectivity index (χ1) is 10.7.